The van der Waals surface area contributed by atoms with Gasteiger partial charge in [0.25, 0.3) is 0 Å². The molecule has 0 N–H and O–H groups in total. The lowest BCUT2D eigenvalue weighted by Crippen LogP contribution is -2.45. The summed E-state index contributed by atoms with van der Waals surface area (Å²) in [5.41, 5.74) is 1.84. The zero-order valence-electron chi connectivity index (χ0n) is 12.3. The summed E-state index contributed by atoms with van der Waals surface area (Å²) in [7, 11) is 1.22. The Balaban J connectivity index is 1.83. The van der Waals surface area contributed by atoms with E-state index < -0.39 is 24.4 Å². The second kappa shape index (κ2) is 4.94. The van der Waals surface area contributed by atoms with Crippen molar-refractivity contribution >= 4 is 29.4 Å². The molecule has 0 aliphatic carbocycles. The minimum absolute atomic E-state index is 0.0499. The van der Waals surface area contributed by atoms with Gasteiger partial charge in [-0.2, -0.15) is 0 Å². The second-order valence-electron chi connectivity index (χ2n) is 5.48. The van der Waals surface area contributed by atoms with Crippen LogP contribution in [0.2, 0.25) is 0 Å². The van der Waals surface area contributed by atoms with E-state index in [0.717, 1.165) is 22.6 Å². The van der Waals surface area contributed by atoms with Gasteiger partial charge in [0.05, 0.1) is 0 Å². The predicted molar refractivity (Wildman–Crippen MR) is 77.0 cm³/mol. The number of rotatable bonds is 2. The highest BCUT2D eigenvalue weighted by atomic mass is 16.2. The Bertz CT molecular complexity index is 700. The molecule has 1 aromatic rings. The van der Waals surface area contributed by atoms with Gasteiger partial charge in [-0.25, -0.2) is 9.69 Å². The molecule has 0 unspecified atom stereocenters. The molecule has 1 atom stereocenters. The fourth-order valence-corrected chi connectivity index (χ4v) is 2.91. The molecule has 0 saturated carbocycles. The quantitative estimate of drug-likeness (QED) is 0.584. The van der Waals surface area contributed by atoms with Crippen LogP contribution in [-0.2, 0) is 20.8 Å². The number of carbonyl (C=O) groups excluding carboxylic acids is 4. The van der Waals surface area contributed by atoms with Crippen LogP contribution in [0.4, 0.5) is 10.5 Å². The van der Waals surface area contributed by atoms with E-state index in [1.165, 1.54) is 7.05 Å². The van der Waals surface area contributed by atoms with Gasteiger partial charge in [0.15, 0.2) is 0 Å². The molecule has 114 valence electrons. The summed E-state index contributed by atoms with van der Waals surface area (Å²) in [6, 6.07) is 6.71. The number of imide groups is 2. The van der Waals surface area contributed by atoms with Crippen molar-refractivity contribution in [2.24, 2.45) is 0 Å². The van der Waals surface area contributed by atoms with E-state index >= 15 is 0 Å². The van der Waals surface area contributed by atoms with Gasteiger partial charge in [-0.3, -0.25) is 19.3 Å². The molecule has 1 saturated heterocycles. The maximum Gasteiger partial charge on any atom is 0.334 e. The van der Waals surface area contributed by atoms with E-state index in [4.69, 9.17) is 0 Å². The van der Waals surface area contributed by atoms with Gasteiger partial charge in [0.2, 0.25) is 5.91 Å². The van der Waals surface area contributed by atoms with Crippen LogP contribution in [0.15, 0.2) is 24.3 Å². The van der Waals surface area contributed by atoms with E-state index in [1.54, 1.807) is 4.90 Å². The SMILES string of the molecule is C[C@@H]1Cc2ccccc2N1C(=O)CN1C(=O)C(=O)N(C)C1=O. The molecule has 2 aliphatic rings. The monoisotopic (exact) mass is 301 g/mol. The molecular formula is C15H15N3O4. The van der Waals surface area contributed by atoms with Crippen molar-refractivity contribution in [3.63, 3.8) is 0 Å². The molecule has 2 heterocycles. The zero-order chi connectivity index (χ0) is 16.0. The van der Waals surface area contributed by atoms with Gasteiger partial charge in [-0.15, -0.1) is 0 Å². The first-order valence-corrected chi connectivity index (χ1v) is 6.95. The van der Waals surface area contributed by atoms with E-state index in [-0.39, 0.29) is 11.9 Å². The van der Waals surface area contributed by atoms with Gasteiger partial charge in [-0.1, -0.05) is 18.2 Å². The smallest absolute Gasteiger partial charge is 0.307 e. The van der Waals surface area contributed by atoms with Gasteiger partial charge in [-0.05, 0) is 25.0 Å². The highest BCUT2D eigenvalue weighted by molar-refractivity contribution is 6.45. The topological polar surface area (TPSA) is 78.0 Å². The van der Waals surface area contributed by atoms with Gasteiger partial charge >= 0.3 is 17.8 Å². The van der Waals surface area contributed by atoms with Crippen LogP contribution >= 0.6 is 0 Å². The Kier molecular flexibility index (Phi) is 3.20. The van der Waals surface area contributed by atoms with Crippen LogP contribution in [0.3, 0.4) is 0 Å². The highest BCUT2D eigenvalue weighted by Crippen LogP contribution is 2.32. The number of amides is 5. The number of carbonyl (C=O) groups is 4. The molecule has 0 spiro atoms. The number of nitrogens with zero attached hydrogens (tertiary/aromatic N) is 3. The van der Waals surface area contributed by atoms with Gasteiger partial charge < -0.3 is 4.90 Å². The second-order valence-corrected chi connectivity index (χ2v) is 5.48. The minimum Gasteiger partial charge on any atom is -0.307 e. The first-order chi connectivity index (χ1) is 10.4. The number of hydrogen-bond donors (Lipinski definition) is 0. The van der Waals surface area contributed by atoms with E-state index in [9.17, 15) is 19.2 Å². The predicted octanol–water partition coefficient (Wildman–Crippen LogP) is 0.385. The van der Waals surface area contributed by atoms with Crippen molar-refractivity contribution in [3.8, 4) is 0 Å². The lowest BCUT2D eigenvalue weighted by Gasteiger charge is -2.24. The number of anilines is 1. The highest BCUT2D eigenvalue weighted by Gasteiger charge is 2.44. The summed E-state index contributed by atoms with van der Waals surface area (Å²) in [4.78, 5) is 50.6. The van der Waals surface area contributed by atoms with Crippen LogP contribution in [-0.4, -0.2) is 53.2 Å². The number of para-hydroxylation sites is 1. The maximum atomic E-state index is 12.5. The molecule has 3 rings (SSSR count). The Morgan fingerprint density at radius 2 is 1.86 bits per heavy atom. The van der Waals surface area contributed by atoms with Crippen molar-refractivity contribution < 1.29 is 19.2 Å². The Labute approximate surface area is 127 Å². The molecule has 7 nitrogen and oxygen atoms in total. The van der Waals surface area contributed by atoms with E-state index in [1.807, 2.05) is 31.2 Å². The van der Waals surface area contributed by atoms with Crippen LogP contribution in [0.25, 0.3) is 0 Å². The molecular weight excluding hydrogens is 286 g/mol. The molecule has 7 heteroatoms. The third kappa shape index (κ3) is 1.97. The summed E-state index contributed by atoms with van der Waals surface area (Å²) in [6.07, 6.45) is 0.725. The third-order valence-corrected chi connectivity index (χ3v) is 4.02. The maximum absolute atomic E-state index is 12.5. The molecule has 0 bridgehead atoms. The molecule has 0 radical (unpaired) electrons. The molecule has 5 amide bonds. The van der Waals surface area contributed by atoms with Crippen molar-refractivity contribution in [3.05, 3.63) is 29.8 Å². The summed E-state index contributed by atoms with van der Waals surface area (Å²) in [5.74, 6) is -2.24. The minimum atomic E-state index is -0.957. The largest absolute Gasteiger partial charge is 0.334 e. The van der Waals surface area contributed by atoms with Gasteiger partial charge in [0.1, 0.15) is 6.54 Å². The summed E-state index contributed by atoms with van der Waals surface area (Å²) in [6.45, 7) is 1.48. The van der Waals surface area contributed by atoms with Crippen LogP contribution < -0.4 is 4.90 Å². The van der Waals surface area contributed by atoms with Crippen LogP contribution in [0.5, 0.6) is 0 Å². The summed E-state index contributed by atoms with van der Waals surface area (Å²) < 4.78 is 0. The summed E-state index contributed by atoms with van der Waals surface area (Å²) >= 11 is 0. The fraction of sp³-hybridized carbons (Fsp3) is 0.333. The number of fused-ring (bicyclic) bond motifs is 1. The number of hydrogen-bond acceptors (Lipinski definition) is 4. The van der Waals surface area contributed by atoms with Crippen molar-refractivity contribution in [2.75, 3.05) is 18.5 Å². The normalized spacial score (nSPS) is 20.9. The van der Waals surface area contributed by atoms with Crippen molar-refractivity contribution in [1.29, 1.82) is 0 Å². The Hall–Kier alpha value is -2.70. The number of benzene rings is 1. The standard InChI is InChI=1S/C15H15N3O4/c1-9-7-10-5-3-4-6-11(10)18(9)12(19)8-17-14(21)13(20)16(2)15(17)22/h3-6,9H,7-8H2,1-2H3/t9-/m1/s1. The van der Waals surface area contributed by atoms with Crippen LogP contribution in [0.1, 0.15) is 12.5 Å². The summed E-state index contributed by atoms with van der Waals surface area (Å²) in [5, 5.41) is 0. The van der Waals surface area contributed by atoms with Gasteiger partial charge in [0, 0.05) is 18.8 Å². The van der Waals surface area contributed by atoms with Crippen LogP contribution in [0, 0.1) is 0 Å². The average Bonchev–Trinajstić information content (AvgIpc) is 2.92. The van der Waals surface area contributed by atoms with Crippen molar-refractivity contribution in [2.45, 2.75) is 19.4 Å². The number of likely N-dealkylation sites (N-methyl/N-ethyl adjacent to an activating group) is 1. The number of urea groups is 1. The zero-order valence-corrected chi connectivity index (χ0v) is 12.3. The average molecular weight is 301 g/mol. The molecule has 2 aliphatic heterocycles. The first-order valence-electron chi connectivity index (χ1n) is 6.95. The molecule has 22 heavy (non-hydrogen) atoms. The molecule has 0 aromatic heterocycles. The lowest BCUT2D eigenvalue weighted by molar-refractivity contribution is -0.143. The lowest BCUT2D eigenvalue weighted by atomic mass is 10.1. The van der Waals surface area contributed by atoms with E-state index in [2.05, 4.69) is 0 Å². The Morgan fingerprint density at radius 3 is 2.50 bits per heavy atom. The van der Waals surface area contributed by atoms with Crippen molar-refractivity contribution in [1.82, 2.24) is 9.80 Å². The molecule has 1 fully saturated rings. The molecule has 1 aromatic carbocycles. The first kappa shape index (κ1) is 14.2. The Morgan fingerprint density at radius 1 is 1.18 bits per heavy atom. The fourth-order valence-electron chi connectivity index (χ4n) is 2.91. The third-order valence-electron chi connectivity index (χ3n) is 4.02. The van der Waals surface area contributed by atoms with E-state index in [0.29, 0.717) is 4.90 Å².